The summed E-state index contributed by atoms with van der Waals surface area (Å²) < 4.78 is 44.8. The third-order valence-electron chi connectivity index (χ3n) is 2.73. The van der Waals surface area contributed by atoms with Crippen LogP contribution < -0.4 is 10.5 Å². The highest BCUT2D eigenvalue weighted by atomic mass is 19.1. The van der Waals surface area contributed by atoms with Crippen molar-refractivity contribution in [3.05, 3.63) is 65.0 Å². The third kappa shape index (κ3) is 3.44. The van der Waals surface area contributed by atoms with Gasteiger partial charge < -0.3 is 15.7 Å². The highest BCUT2D eigenvalue weighted by molar-refractivity contribution is 5.98. The molecule has 0 aromatic heterocycles. The molecule has 0 spiro atoms. The summed E-state index contributed by atoms with van der Waals surface area (Å²) in [6.45, 7) is -0.202. The van der Waals surface area contributed by atoms with E-state index in [4.69, 9.17) is 15.7 Å². The molecular weight excluding hydrogens is 285 g/mol. The zero-order valence-electron chi connectivity index (χ0n) is 10.7. The summed E-state index contributed by atoms with van der Waals surface area (Å²) in [7, 11) is 0. The molecule has 3 N–H and O–H groups in total. The minimum absolute atomic E-state index is 0.106. The SMILES string of the molecule is NC(=NO)c1cc(F)ccc1COc1cc(F)ccc1F. The predicted octanol–water partition coefficient (Wildman–Crippen LogP) is 2.78. The standard InChI is InChI=1S/C14H11F3N2O2/c15-9-2-1-8(11(5-9)14(18)19-20)7-21-13-6-10(16)3-4-12(13)17/h1-6,20H,7H2,(H2,18,19). The summed E-state index contributed by atoms with van der Waals surface area (Å²) in [6, 6.07) is 6.33. The van der Waals surface area contributed by atoms with Gasteiger partial charge in [0, 0.05) is 17.2 Å². The molecule has 0 aliphatic carbocycles. The molecule has 0 atom stereocenters. The van der Waals surface area contributed by atoms with Gasteiger partial charge >= 0.3 is 0 Å². The molecular formula is C14H11F3N2O2. The van der Waals surface area contributed by atoms with E-state index in [1.807, 2.05) is 0 Å². The Morgan fingerprint density at radius 3 is 2.48 bits per heavy atom. The lowest BCUT2D eigenvalue weighted by atomic mass is 10.1. The number of benzene rings is 2. The molecule has 0 radical (unpaired) electrons. The second kappa shape index (κ2) is 6.17. The maximum atomic E-state index is 13.4. The Labute approximate surface area is 118 Å². The van der Waals surface area contributed by atoms with E-state index in [-0.39, 0.29) is 23.8 Å². The topological polar surface area (TPSA) is 67.8 Å². The van der Waals surface area contributed by atoms with Crippen LogP contribution in [0.5, 0.6) is 5.75 Å². The monoisotopic (exact) mass is 296 g/mol. The van der Waals surface area contributed by atoms with Crippen molar-refractivity contribution in [3.8, 4) is 5.75 Å². The Bertz CT molecular complexity index is 690. The van der Waals surface area contributed by atoms with Gasteiger partial charge in [0.2, 0.25) is 0 Å². The zero-order chi connectivity index (χ0) is 15.4. The van der Waals surface area contributed by atoms with Crippen LogP contribution in [0.3, 0.4) is 0 Å². The van der Waals surface area contributed by atoms with Crippen LogP contribution >= 0.6 is 0 Å². The van der Waals surface area contributed by atoms with Gasteiger partial charge in [0.15, 0.2) is 17.4 Å². The van der Waals surface area contributed by atoms with E-state index in [2.05, 4.69) is 5.16 Å². The quantitative estimate of drug-likeness (QED) is 0.394. The number of halogens is 3. The van der Waals surface area contributed by atoms with Gasteiger partial charge in [-0.25, -0.2) is 13.2 Å². The van der Waals surface area contributed by atoms with Gasteiger partial charge in [-0.3, -0.25) is 0 Å². The smallest absolute Gasteiger partial charge is 0.170 e. The molecule has 0 amide bonds. The summed E-state index contributed by atoms with van der Waals surface area (Å²) in [5.74, 6) is -2.57. The number of nitrogens with zero attached hydrogens (tertiary/aromatic N) is 1. The Morgan fingerprint density at radius 1 is 1.10 bits per heavy atom. The normalized spacial score (nSPS) is 11.5. The van der Waals surface area contributed by atoms with Crippen molar-refractivity contribution in [3.63, 3.8) is 0 Å². The van der Waals surface area contributed by atoms with Gasteiger partial charge in [-0.15, -0.1) is 0 Å². The lowest BCUT2D eigenvalue weighted by Crippen LogP contribution is -2.17. The highest BCUT2D eigenvalue weighted by Gasteiger charge is 2.11. The van der Waals surface area contributed by atoms with Gasteiger partial charge in [-0.1, -0.05) is 11.2 Å². The van der Waals surface area contributed by atoms with Gasteiger partial charge in [-0.05, 0) is 24.3 Å². The first-order valence-corrected chi connectivity index (χ1v) is 5.85. The highest BCUT2D eigenvalue weighted by Crippen LogP contribution is 2.20. The van der Waals surface area contributed by atoms with E-state index in [1.54, 1.807) is 0 Å². The Kier molecular flexibility index (Phi) is 4.32. The minimum atomic E-state index is -0.733. The first-order chi connectivity index (χ1) is 10.0. The van der Waals surface area contributed by atoms with Gasteiger partial charge in [0.05, 0.1) is 0 Å². The fourth-order valence-corrected chi connectivity index (χ4v) is 1.71. The first-order valence-electron chi connectivity index (χ1n) is 5.85. The number of rotatable bonds is 4. The van der Waals surface area contributed by atoms with Crippen molar-refractivity contribution < 1.29 is 23.1 Å². The van der Waals surface area contributed by atoms with Crippen LogP contribution in [0, 0.1) is 17.5 Å². The Hall–Kier alpha value is -2.70. The maximum absolute atomic E-state index is 13.4. The van der Waals surface area contributed by atoms with Crippen molar-refractivity contribution in [1.29, 1.82) is 0 Å². The van der Waals surface area contributed by atoms with Crippen molar-refractivity contribution in [2.75, 3.05) is 0 Å². The maximum Gasteiger partial charge on any atom is 0.170 e. The Balaban J connectivity index is 2.26. The molecule has 110 valence electrons. The molecule has 21 heavy (non-hydrogen) atoms. The van der Waals surface area contributed by atoms with Crippen LogP contribution in [0.25, 0.3) is 0 Å². The summed E-state index contributed by atoms with van der Waals surface area (Å²) in [5, 5.41) is 11.4. The number of ether oxygens (including phenoxy) is 1. The molecule has 2 aromatic rings. The first kappa shape index (κ1) is 14.7. The minimum Gasteiger partial charge on any atom is -0.486 e. The summed E-state index contributed by atoms with van der Waals surface area (Å²) in [5.41, 5.74) is 5.89. The number of hydrogen-bond donors (Lipinski definition) is 2. The summed E-state index contributed by atoms with van der Waals surface area (Å²) >= 11 is 0. The van der Waals surface area contributed by atoms with E-state index in [1.165, 1.54) is 6.07 Å². The summed E-state index contributed by atoms with van der Waals surface area (Å²) in [6.07, 6.45) is 0. The molecule has 7 heteroatoms. The van der Waals surface area contributed by atoms with Crippen molar-refractivity contribution in [2.45, 2.75) is 6.61 Å². The van der Waals surface area contributed by atoms with Crippen LogP contribution in [-0.4, -0.2) is 11.0 Å². The van der Waals surface area contributed by atoms with Crippen LogP contribution in [0.4, 0.5) is 13.2 Å². The molecule has 4 nitrogen and oxygen atoms in total. The molecule has 0 heterocycles. The molecule has 0 saturated heterocycles. The average Bonchev–Trinajstić information content (AvgIpc) is 2.48. The van der Waals surface area contributed by atoms with Crippen molar-refractivity contribution in [1.82, 2.24) is 0 Å². The molecule has 2 aromatic carbocycles. The van der Waals surface area contributed by atoms with Crippen LogP contribution in [0.2, 0.25) is 0 Å². The Morgan fingerprint density at radius 2 is 1.76 bits per heavy atom. The number of nitrogens with two attached hydrogens (primary N) is 1. The van der Waals surface area contributed by atoms with Gasteiger partial charge in [0.25, 0.3) is 0 Å². The number of oxime groups is 1. The molecule has 0 fully saturated rings. The second-order valence-corrected chi connectivity index (χ2v) is 4.15. The molecule has 2 rings (SSSR count). The molecule has 0 saturated carbocycles. The van der Waals surface area contributed by atoms with E-state index in [0.29, 0.717) is 5.56 Å². The molecule has 0 unspecified atom stereocenters. The van der Waals surface area contributed by atoms with E-state index in [0.717, 1.165) is 30.3 Å². The largest absolute Gasteiger partial charge is 0.486 e. The van der Waals surface area contributed by atoms with Crippen LogP contribution in [0.15, 0.2) is 41.6 Å². The number of amidine groups is 1. The van der Waals surface area contributed by atoms with E-state index >= 15 is 0 Å². The fourth-order valence-electron chi connectivity index (χ4n) is 1.71. The lowest BCUT2D eigenvalue weighted by Gasteiger charge is -2.11. The predicted molar refractivity (Wildman–Crippen MR) is 69.6 cm³/mol. The van der Waals surface area contributed by atoms with Crippen molar-refractivity contribution in [2.24, 2.45) is 10.9 Å². The zero-order valence-corrected chi connectivity index (χ0v) is 10.7. The molecule has 0 bridgehead atoms. The molecule has 0 aliphatic heterocycles. The van der Waals surface area contributed by atoms with Gasteiger partial charge in [0.1, 0.15) is 18.2 Å². The summed E-state index contributed by atoms with van der Waals surface area (Å²) in [4.78, 5) is 0. The average molecular weight is 296 g/mol. The van der Waals surface area contributed by atoms with Gasteiger partial charge in [-0.2, -0.15) is 0 Å². The van der Waals surface area contributed by atoms with E-state index in [9.17, 15) is 13.2 Å². The van der Waals surface area contributed by atoms with Crippen LogP contribution in [-0.2, 0) is 6.61 Å². The molecule has 0 aliphatic rings. The second-order valence-electron chi connectivity index (χ2n) is 4.15. The van der Waals surface area contributed by atoms with E-state index < -0.39 is 17.5 Å². The van der Waals surface area contributed by atoms with Crippen LogP contribution in [0.1, 0.15) is 11.1 Å². The fraction of sp³-hybridized carbons (Fsp3) is 0.0714. The lowest BCUT2D eigenvalue weighted by molar-refractivity contribution is 0.287. The van der Waals surface area contributed by atoms with Crippen molar-refractivity contribution >= 4 is 5.84 Å². The number of hydrogen-bond acceptors (Lipinski definition) is 3. The third-order valence-corrected chi connectivity index (χ3v) is 2.73.